The number of anilines is 1. The van der Waals surface area contributed by atoms with Crippen LogP contribution in [-0.4, -0.2) is 40.4 Å². The maximum absolute atomic E-state index is 13.5. The van der Waals surface area contributed by atoms with Crippen LogP contribution in [0.25, 0.3) is 0 Å². The van der Waals surface area contributed by atoms with Crippen LogP contribution in [0.3, 0.4) is 0 Å². The molecule has 0 spiro atoms. The second-order valence-electron chi connectivity index (χ2n) is 7.81. The van der Waals surface area contributed by atoms with Gasteiger partial charge in [0.1, 0.15) is 5.82 Å². The molecule has 1 aliphatic heterocycles. The first kappa shape index (κ1) is 20.6. The largest absolute Gasteiger partial charge is 0.301 e. The number of carbonyl (C=O) groups excluding carboxylic acids is 1. The van der Waals surface area contributed by atoms with Crippen LogP contribution in [0.1, 0.15) is 41.3 Å². The summed E-state index contributed by atoms with van der Waals surface area (Å²) >= 11 is 1.42. The van der Waals surface area contributed by atoms with Crippen molar-refractivity contribution < 1.29 is 9.18 Å². The van der Waals surface area contributed by atoms with Gasteiger partial charge in [0, 0.05) is 35.4 Å². The molecule has 1 saturated heterocycles. The Hall–Kier alpha value is -2.64. The summed E-state index contributed by atoms with van der Waals surface area (Å²) in [5, 5.41) is 5.33. The SMILES string of the molecule is Cc1cc(Cc2cccc(F)c2)cc([C@H]2CCCN(CC(=O)Nc3nccs3)C2)n1. The smallest absolute Gasteiger partial charge is 0.240 e. The van der Waals surface area contributed by atoms with E-state index in [1.807, 2.05) is 18.4 Å². The molecule has 0 saturated carbocycles. The van der Waals surface area contributed by atoms with Gasteiger partial charge in [0.25, 0.3) is 0 Å². The normalized spacial score (nSPS) is 17.1. The number of likely N-dealkylation sites (tertiary alicyclic amines) is 1. The van der Waals surface area contributed by atoms with Crippen LogP contribution in [0, 0.1) is 12.7 Å². The molecule has 3 aromatic rings. The molecule has 1 amide bonds. The molecule has 0 unspecified atom stereocenters. The molecule has 7 heteroatoms. The number of piperidine rings is 1. The maximum atomic E-state index is 13.5. The predicted molar refractivity (Wildman–Crippen MR) is 117 cm³/mol. The Morgan fingerprint density at radius 3 is 3.00 bits per heavy atom. The molecule has 0 bridgehead atoms. The number of halogens is 1. The molecule has 5 nitrogen and oxygen atoms in total. The Morgan fingerprint density at radius 2 is 2.20 bits per heavy atom. The van der Waals surface area contributed by atoms with Crippen molar-refractivity contribution in [2.45, 2.75) is 32.1 Å². The van der Waals surface area contributed by atoms with Gasteiger partial charge in [-0.15, -0.1) is 11.3 Å². The molecule has 0 aliphatic carbocycles. The number of aryl methyl sites for hydroxylation is 1. The number of nitrogens with zero attached hydrogens (tertiary/aromatic N) is 3. The van der Waals surface area contributed by atoms with Crippen molar-refractivity contribution in [1.29, 1.82) is 0 Å². The second kappa shape index (κ2) is 9.45. The third kappa shape index (κ3) is 5.49. The number of carbonyl (C=O) groups is 1. The summed E-state index contributed by atoms with van der Waals surface area (Å²) in [5.41, 5.74) is 4.13. The van der Waals surface area contributed by atoms with Crippen LogP contribution < -0.4 is 5.32 Å². The van der Waals surface area contributed by atoms with Gasteiger partial charge < -0.3 is 5.32 Å². The molecular weight excluding hydrogens is 399 g/mol. The van der Waals surface area contributed by atoms with Crippen LogP contribution in [-0.2, 0) is 11.2 Å². The Labute approximate surface area is 180 Å². The lowest BCUT2D eigenvalue weighted by molar-refractivity contribution is -0.117. The zero-order valence-electron chi connectivity index (χ0n) is 17.0. The minimum Gasteiger partial charge on any atom is -0.301 e. The fourth-order valence-corrected chi connectivity index (χ4v) is 4.59. The summed E-state index contributed by atoms with van der Waals surface area (Å²) in [6, 6.07) is 10.9. The lowest BCUT2D eigenvalue weighted by atomic mass is 9.92. The topological polar surface area (TPSA) is 58.1 Å². The zero-order valence-corrected chi connectivity index (χ0v) is 17.8. The summed E-state index contributed by atoms with van der Waals surface area (Å²) < 4.78 is 13.5. The molecule has 1 atom stereocenters. The van der Waals surface area contributed by atoms with Crippen molar-refractivity contribution in [2.75, 3.05) is 25.0 Å². The van der Waals surface area contributed by atoms with E-state index >= 15 is 0 Å². The Kier molecular flexibility index (Phi) is 6.50. The van der Waals surface area contributed by atoms with Gasteiger partial charge in [-0.1, -0.05) is 12.1 Å². The van der Waals surface area contributed by atoms with E-state index in [1.165, 1.54) is 17.4 Å². The van der Waals surface area contributed by atoms with Gasteiger partial charge in [0.2, 0.25) is 5.91 Å². The van der Waals surface area contributed by atoms with Gasteiger partial charge in [0.05, 0.1) is 6.54 Å². The first-order valence-electron chi connectivity index (χ1n) is 10.2. The summed E-state index contributed by atoms with van der Waals surface area (Å²) in [6.07, 6.45) is 4.45. The number of amides is 1. The van der Waals surface area contributed by atoms with E-state index in [4.69, 9.17) is 4.98 Å². The number of rotatable bonds is 6. The van der Waals surface area contributed by atoms with Crippen LogP contribution in [0.5, 0.6) is 0 Å². The van der Waals surface area contributed by atoms with Crippen molar-refractivity contribution in [3.8, 4) is 0 Å². The van der Waals surface area contributed by atoms with Crippen molar-refractivity contribution in [3.05, 3.63) is 76.3 Å². The minimum atomic E-state index is -0.211. The monoisotopic (exact) mass is 424 g/mol. The van der Waals surface area contributed by atoms with Gasteiger partial charge >= 0.3 is 0 Å². The fraction of sp³-hybridized carbons (Fsp3) is 0.348. The molecule has 3 heterocycles. The van der Waals surface area contributed by atoms with E-state index in [0.29, 0.717) is 18.1 Å². The Bertz CT molecular complexity index is 1010. The van der Waals surface area contributed by atoms with Gasteiger partial charge in [-0.25, -0.2) is 9.37 Å². The summed E-state index contributed by atoms with van der Waals surface area (Å²) in [4.78, 5) is 23.4. The average Bonchev–Trinajstić information content (AvgIpc) is 3.20. The summed E-state index contributed by atoms with van der Waals surface area (Å²) in [6.45, 7) is 4.07. The highest BCUT2D eigenvalue weighted by Gasteiger charge is 2.24. The van der Waals surface area contributed by atoms with Crippen LogP contribution >= 0.6 is 11.3 Å². The van der Waals surface area contributed by atoms with E-state index in [0.717, 1.165) is 48.4 Å². The first-order chi connectivity index (χ1) is 14.5. The van der Waals surface area contributed by atoms with Gasteiger partial charge in [-0.3, -0.25) is 14.7 Å². The van der Waals surface area contributed by atoms with Crippen LogP contribution in [0.15, 0.2) is 48.0 Å². The molecule has 2 aromatic heterocycles. The molecule has 1 aromatic carbocycles. The molecule has 1 aliphatic rings. The lowest BCUT2D eigenvalue weighted by Crippen LogP contribution is -2.40. The maximum Gasteiger partial charge on any atom is 0.240 e. The fourth-order valence-electron chi connectivity index (χ4n) is 4.05. The third-order valence-electron chi connectivity index (χ3n) is 5.30. The second-order valence-corrected chi connectivity index (χ2v) is 8.70. The molecule has 0 radical (unpaired) electrons. The quantitative estimate of drug-likeness (QED) is 0.637. The van der Waals surface area contributed by atoms with Gasteiger partial charge in [-0.2, -0.15) is 0 Å². The van der Waals surface area contributed by atoms with Crippen molar-refractivity contribution in [1.82, 2.24) is 14.9 Å². The van der Waals surface area contributed by atoms with Crippen molar-refractivity contribution in [3.63, 3.8) is 0 Å². The number of nitrogens with one attached hydrogen (secondary N) is 1. The van der Waals surface area contributed by atoms with E-state index < -0.39 is 0 Å². The number of thiazole rings is 1. The Morgan fingerprint density at radius 1 is 1.30 bits per heavy atom. The number of aromatic nitrogens is 2. The highest BCUT2D eigenvalue weighted by atomic mass is 32.1. The number of hydrogen-bond donors (Lipinski definition) is 1. The first-order valence-corrected chi connectivity index (χ1v) is 11.1. The average molecular weight is 425 g/mol. The van der Waals surface area contributed by atoms with Gasteiger partial charge in [-0.05, 0) is 68.1 Å². The molecule has 1 N–H and O–H groups in total. The molecule has 156 valence electrons. The predicted octanol–water partition coefficient (Wildman–Crippen LogP) is 4.39. The Balaban J connectivity index is 1.42. The van der Waals surface area contributed by atoms with E-state index in [-0.39, 0.29) is 17.6 Å². The number of benzene rings is 1. The molecular formula is C23H25FN4OS. The lowest BCUT2D eigenvalue weighted by Gasteiger charge is -2.32. The van der Waals surface area contributed by atoms with Crippen molar-refractivity contribution >= 4 is 22.4 Å². The highest BCUT2D eigenvalue weighted by Crippen LogP contribution is 2.27. The summed E-state index contributed by atoms with van der Waals surface area (Å²) in [5.74, 6) is 0.0459. The van der Waals surface area contributed by atoms with E-state index in [1.54, 1.807) is 18.3 Å². The minimum absolute atomic E-state index is 0.0328. The van der Waals surface area contributed by atoms with Crippen LogP contribution in [0.2, 0.25) is 0 Å². The van der Waals surface area contributed by atoms with Gasteiger partial charge in [0.15, 0.2) is 5.13 Å². The molecule has 4 rings (SSSR count). The summed E-state index contributed by atoms with van der Waals surface area (Å²) in [7, 11) is 0. The van der Waals surface area contributed by atoms with E-state index in [9.17, 15) is 9.18 Å². The third-order valence-corrected chi connectivity index (χ3v) is 5.99. The standard InChI is InChI=1S/C23H25FN4OS/c1-16-10-18(11-17-4-2-6-20(24)12-17)13-21(26-16)19-5-3-8-28(14-19)15-22(29)27-23-25-7-9-30-23/h2,4,6-7,9-10,12-13,19H,3,5,8,11,14-15H2,1H3,(H,25,27,29)/t19-/m0/s1. The molecule has 1 fully saturated rings. The van der Waals surface area contributed by atoms with Crippen molar-refractivity contribution in [2.24, 2.45) is 0 Å². The number of pyridine rings is 1. The van der Waals surface area contributed by atoms with E-state index in [2.05, 4.69) is 27.3 Å². The molecule has 30 heavy (non-hydrogen) atoms. The zero-order chi connectivity index (χ0) is 20.9. The van der Waals surface area contributed by atoms with Crippen LogP contribution in [0.4, 0.5) is 9.52 Å². The number of hydrogen-bond acceptors (Lipinski definition) is 5. The highest BCUT2D eigenvalue weighted by molar-refractivity contribution is 7.13.